The summed E-state index contributed by atoms with van der Waals surface area (Å²) < 4.78 is 0. The van der Waals surface area contributed by atoms with Crippen LogP contribution in [-0.2, 0) is 14.4 Å². The van der Waals surface area contributed by atoms with Gasteiger partial charge in [-0.25, -0.2) is 4.79 Å². The van der Waals surface area contributed by atoms with E-state index >= 15 is 0 Å². The van der Waals surface area contributed by atoms with E-state index in [-0.39, 0.29) is 35.5 Å². The van der Waals surface area contributed by atoms with Gasteiger partial charge >= 0.3 is 5.97 Å². The van der Waals surface area contributed by atoms with Crippen LogP contribution in [0.4, 0.5) is 0 Å². The Hall–Kier alpha value is -1.36. The molecule has 0 spiro atoms. The Balaban J connectivity index is 2.47. The van der Waals surface area contributed by atoms with Gasteiger partial charge in [-0.15, -0.1) is 0 Å². The maximum Gasteiger partial charge on any atom is 0.354 e. The van der Waals surface area contributed by atoms with E-state index in [9.17, 15) is 14.4 Å². The fourth-order valence-corrected chi connectivity index (χ4v) is 1.94. The minimum Gasteiger partial charge on any atom is -0.477 e. The second kappa shape index (κ2) is 2.81. The average Bonchev–Trinajstić information content (AvgIpc) is 2.09. The molecule has 2 aliphatic rings. The van der Waals surface area contributed by atoms with E-state index in [1.54, 1.807) is 0 Å². The van der Waals surface area contributed by atoms with Gasteiger partial charge in [-0.2, -0.15) is 0 Å². The fraction of sp³-hybridized carbons (Fsp3) is 0.375. The highest BCUT2D eigenvalue weighted by molar-refractivity contribution is 6.45. The lowest BCUT2D eigenvalue weighted by Gasteiger charge is -2.42. The number of amides is 1. The second-order valence-electron chi connectivity index (χ2n) is 3.22. The van der Waals surface area contributed by atoms with Crippen molar-refractivity contribution in [2.75, 3.05) is 0 Å². The quantitative estimate of drug-likeness (QED) is 0.630. The lowest BCUT2D eigenvalue weighted by atomic mass is 9.91. The van der Waals surface area contributed by atoms with Crippen LogP contribution in [0, 0.1) is 0 Å². The number of carboxylic acids is 1. The molecule has 1 unspecified atom stereocenters. The molecule has 0 aromatic carbocycles. The molecule has 74 valence electrons. The number of aliphatic carboxylic acids is 1. The summed E-state index contributed by atoms with van der Waals surface area (Å²) in [4.78, 5) is 34.2. The van der Waals surface area contributed by atoms with Crippen LogP contribution in [0.25, 0.3) is 0 Å². The lowest BCUT2D eigenvalue weighted by molar-refractivity contribution is -0.151. The number of carboxylic acid groups (broad SMARTS) is 1. The predicted octanol–water partition coefficient (Wildman–Crippen LogP) is 0.0951. The third kappa shape index (κ3) is 1.05. The summed E-state index contributed by atoms with van der Waals surface area (Å²) in [7, 11) is 0. The van der Waals surface area contributed by atoms with Gasteiger partial charge in [0.2, 0.25) is 5.91 Å². The Morgan fingerprint density at radius 3 is 2.57 bits per heavy atom. The lowest BCUT2D eigenvalue weighted by Crippen LogP contribution is -2.56. The Bertz CT molecular complexity index is 387. The molecule has 0 saturated carbocycles. The van der Waals surface area contributed by atoms with E-state index in [2.05, 4.69) is 0 Å². The number of ketones is 1. The maximum atomic E-state index is 11.2. The highest BCUT2D eigenvalue weighted by Gasteiger charge is 2.47. The number of halogens is 1. The first-order chi connectivity index (χ1) is 6.52. The van der Waals surface area contributed by atoms with Gasteiger partial charge < -0.3 is 10.0 Å². The summed E-state index contributed by atoms with van der Waals surface area (Å²) >= 11 is 5.54. The number of rotatable bonds is 1. The Morgan fingerprint density at radius 1 is 1.43 bits per heavy atom. The zero-order valence-corrected chi connectivity index (χ0v) is 7.74. The van der Waals surface area contributed by atoms with Crippen LogP contribution >= 0.6 is 11.6 Å². The molecule has 6 heteroatoms. The highest BCUT2D eigenvalue weighted by Crippen LogP contribution is 2.35. The van der Waals surface area contributed by atoms with Gasteiger partial charge in [0.05, 0.1) is 6.04 Å². The van der Waals surface area contributed by atoms with Crippen molar-refractivity contribution in [2.45, 2.75) is 18.9 Å². The van der Waals surface area contributed by atoms with Crippen LogP contribution in [-0.4, -0.2) is 33.7 Å². The molecular weight excluding hydrogens is 210 g/mol. The van der Waals surface area contributed by atoms with Gasteiger partial charge in [0.1, 0.15) is 5.03 Å². The standard InChI is InChI=1S/C8H6ClNO4/c9-6-4(11)1-3-2-5(12)10(3)7(6)8(13)14/h3H,1-2H2,(H,13,14). The summed E-state index contributed by atoms with van der Waals surface area (Å²) in [5.74, 6) is -2.03. The number of β-lactam (4-membered cyclic amide) rings is 1. The van der Waals surface area contributed by atoms with Crippen molar-refractivity contribution < 1.29 is 19.5 Å². The van der Waals surface area contributed by atoms with Gasteiger partial charge in [0, 0.05) is 12.8 Å². The van der Waals surface area contributed by atoms with Crippen LogP contribution in [0.5, 0.6) is 0 Å². The largest absolute Gasteiger partial charge is 0.477 e. The number of allylic oxidation sites excluding steroid dienone is 1. The van der Waals surface area contributed by atoms with Crippen LogP contribution < -0.4 is 0 Å². The Morgan fingerprint density at radius 2 is 2.07 bits per heavy atom. The molecule has 2 aliphatic heterocycles. The Kier molecular flexibility index (Phi) is 1.85. The van der Waals surface area contributed by atoms with Crippen molar-refractivity contribution in [3.8, 4) is 0 Å². The van der Waals surface area contributed by atoms with E-state index in [4.69, 9.17) is 16.7 Å². The molecule has 0 aromatic rings. The van der Waals surface area contributed by atoms with E-state index in [0.29, 0.717) is 0 Å². The van der Waals surface area contributed by atoms with E-state index in [1.165, 1.54) is 0 Å². The first kappa shape index (κ1) is 9.21. The smallest absolute Gasteiger partial charge is 0.354 e. The molecule has 2 rings (SSSR count). The molecule has 1 fully saturated rings. The fourth-order valence-electron chi connectivity index (χ4n) is 1.69. The minimum atomic E-state index is -1.33. The summed E-state index contributed by atoms with van der Waals surface area (Å²) in [5, 5.41) is 8.43. The van der Waals surface area contributed by atoms with Crippen LogP contribution in [0.1, 0.15) is 12.8 Å². The van der Waals surface area contributed by atoms with Crippen molar-refractivity contribution >= 4 is 29.3 Å². The van der Waals surface area contributed by atoms with E-state index in [1.807, 2.05) is 0 Å². The number of Topliss-reactive ketones (excluding diaryl/α,β-unsaturated/α-hetero) is 1. The van der Waals surface area contributed by atoms with E-state index < -0.39 is 11.8 Å². The maximum absolute atomic E-state index is 11.2. The third-order valence-electron chi connectivity index (χ3n) is 2.36. The molecule has 0 aromatic heterocycles. The number of carbonyl (C=O) groups is 3. The second-order valence-corrected chi connectivity index (χ2v) is 3.59. The number of nitrogens with zero attached hydrogens (tertiary/aromatic N) is 1. The van der Waals surface area contributed by atoms with Gasteiger partial charge in [-0.1, -0.05) is 11.6 Å². The third-order valence-corrected chi connectivity index (χ3v) is 2.75. The molecule has 1 saturated heterocycles. The van der Waals surface area contributed by atoms with Gasteiger partial charge in [0.15, 0.2) is 11.5 Å². The molecule has 0 aliphatic carbocycles. The van der Waals surface area contributed by atoms with Gasteiger partial charge in [-0.05, 0) is 0 Å². The molecule has 1 N–H and O–H groups in total. The van der Waals surface area contributed by atoms with Crippen LogP contribution in [0.2, 0.25) is 0 Å². The molecule has 2 heterocycles. The molecule has 14 heavy (non-hydrogen) atoms. The summed E-state index contributed by atoms with van der Waals surface area (Å²) in [6.07, 6.45) is 0.355. The van der Waals surface area contributed by atoms with Crippen molar-refractivity contribution in [1.82, 2.24) is 4.90 Å². The molecular formula is C8H6ClNO4. The first-order valence-electron chi connectivity index (χ1n) is 4.00. The van der Waals surface area contributed by atoms with Crippen molar-refractivity contribution in [1.29, 1.82) is 0 Å². The van der Waals surface area contributed by atoms with Crippen molar-refractivity contribution in [3.63, 3.8) is 0 Å². The van der Waals surface area contributed by atoms with E-state index in [0.717, 1.165) is 4.90 Å². The average molecular weight is 216 g/mol. The van der Waals surface area contributed by atoms with Crippen LogP contribution in [0.3, 0.4) is 0 Å². The number of fused-ring (bicyclic) bond motifs is 1. The number of hydrogen-bond donors (Lipinski definition) is 1. The zero-order valence-electron chi connectivity index (χ0n) is 6.99. The summed E-state index contributed by atoms with van der Waals surface area (Å²) in [5.41, 5.74) is -0.371. The molecule has 1 atom stereocenters. The summed E-state index contributed by atoms with van der Waals surface area (Å²) in [6.45, 7) is 0. The van der Waals surface area contributed by atoms with Gasteiger partial charge in [-0.3, -0.25) is 9.59 Å². The predicted molar refractivity (Wildman–Crippen MR) is 45.4 cm³/mol. The number of hydrogen-bond acceptors (Lipinski definition) is 3. The molecule has 1 amide bonds. The SMILES string of the molecule is O=C(O)C1=C(Cl)C(=O)CC2CC(=O)N12. The summed E-state index contributed by atoms with van der Waals surface area (Å²) in [6, 6.07) is -0.302. The first-order valence-corrected chi connectivity index (χ1v) is 4.38. The zero-order chi connectivity index (χ0) is 10.5. The minimum absolute atomic E-state index is 0.126. The monoisotopic (exact) mass is 215 g/mol. The van der Waals surface area contributed by atoms with Crippen molar-refractivity contribution in [3.05, 3.63) is 10.7 Å². The molecule has 0 bridgehead atoms. The normalized spacial score (nSPS) is 26.1. The van der Waals surface area contributed by atoms with Gasteiger partial charge in [0.25, 0.3) is 0 Å². The molecule has 0 radical (unpaired) electrons. The highest BCUT2D eigenvalue weighted by atomic mass is 35.5. The Labute approximate surface area is 83.9 Å². The number of carbonyl (C=O) groups excluding carboxylic acids is 2. The van der Waals surface area contributed by atoms with Crippen molar-refractivity contribution in [2.24, 2.45) is 0 Å². The van der Waals surface area contributed by atoms with Crippen LogP contribution in [0.15, 0.2) is 10.7 Å². The topological polar surface area (TPSA) is 74.7 Å². The molecule has 5 nitrogen and oxygen atoms in total.